The summed E-state index contributed by atoms with van der Waals surface area (Å²) in [6.45, 7) is 26.5. The van der Waals surface area contributed by atoms with Crippen LogP contribution in [-0.2, 0) is 10.8 Å². The van der Waals surface area contributed by atoms with Crippen LogP contribution in [0.25, 0.3) is 0 Å². The zero-order chi connectivity index (χ0) is 31.5. The topological polar surface area (TPSA) is 3.24 Å². The minimum atomic E-state index is 0.102. The Hall–Kier alpha value is -2.78. The van der Waals surface area contributed by atoms with E-state index in [2.05, 4.69) is 147 Å². The van der Waals surface area contributed by atoms with Gasteiger partial charge in [-0.3, -0.25) is 0 Å². The van der Waals surface area contributed by atoms with E-state index < -0.39 is 0 Å². The Morgan fingerprint density at radius 2 is 1.34 bits per heavy atom. The lowest BCUT2D eigenvalue weighted by Crippen LogP contribution is -2.57. The Kier molecular flexibility index (Phi) is 6.88. The quantitative estimate of drug-likeness (QED) is 0.173. The van der Waals surface area contributed by atoms with Crippen molar-refractivity contribution in [2.45, 2.75) is 124 Å². The molecule has 3 heterocycles. The molecule has 228 valence electrons. The van der Waals surface area contributed by atoms with E-state index in [1.807, 2.05) is 0 Å². The highest BCUT2D eigenvalue weighted by Gasteiger charge is 2.46. The normalized spacial score (nSPS) is 22.6. The molecule has 1 aliphatic carbocycles. The van der Waals surface area contributed by atoms with Crippen LogP contribution in [0.3, 0.4) is 0 Å². The summed E-state index contributed by atoms with van der Waals surface area (Å²) in [5, 5.41) is 0. The number of fused-ring (bicyclic) bond motifs is 6. The fourth-order valence-electron chi connectivity index (χ4n) is 8.37. The van der Waals surface area contributed by atoms with Crippen LogP contribution in [0.2, 0.25) is 0 Å². The maximum atomic E-state index is 2.70. The lowest BCUT2D eigenvalue weighted by Gasteiger charge is -2.39. The fraction of sp³-hybridized carbons (Fsp3) is 0.463. The van der Waals surface area contributed by atoms with E-state index in [4.69, 9.17) is 0 Å². The van der Waals surface area contributed by atoms with Crippen molar-refractivity contribution < 1.29 is 0 Å². The van der Waals surface area contributed by atoms with Gasteiger partial charge in [0.15, 0.2) is 0 Å². The molecule has 0 saturated carbocycles. The van der Waals surface area contributed by atoms with Crippen molar-refractivity contribution in [2.75, 3.05) is 4.90 Å². The first kappa shape index (κ1) is 29.9. The lowest BCUT2D eigenvalue weighted by molar-refractivity contribution is 0.537. The Bertz CT molecular complexity index is 1760. The Labute approximate surface area is 271 Å². The van der Waals surface area contributed by atoms with Gasteiger partial charge in [-0.05, 0) is 111 Å². The van der Waals surface area contributed by atoms with Gasteiger partial charge in [0.2, 0.25) is 0 Å². The van der Waals surface area contributed by atoms with Crippen LogP contribution in [0.4, 0.5) is 17.1 Å². The van der Waals surface area contributed by atoms with E-state index in [1.54, 1.807) is 31.7 Å². The second-order valence-electron chi connectivity index (χ2n) is 16.5. The van der Waals surface area contributed by atoms with Crippen molar-refractivity contribution in [3.8, 4) is 0 Å². The van der Waals surface area contributed by atoms with E-state index in [9.17, 15) is 0 Å². The molecule has 0 saturated heterocycles. The average Bonchev–Trinajstić information content (AvgIpc) is 3.33. The van der Waals surface area contributed by atoms with Gasteiger partial charge in [0, 0.05) is 21.0 Å². The summed E-state index contributed by atoms with van der Waals surface area (Å²) < 4.78 is 1.57. The van der Waals surface area contributed by atoms with Crippen LogP contribution in [-0.4, -0.2) is 6.71 Å². The Morgan fingerprint density at radius 1 is 0.727 bits per heavy atom. The molecule has 4 aromatic rings. The van der Waals surface area contributed by atoms with Crippen LogP contribution >= 0.6 is 11.3 Å². The summed E-state index contributed by atoms with van der Waals surface area (Å²) in [6, 6.07) is 22.1. The van der Waals surface area contributed by atoms with Gasteiger partial charge in [-0.25, -0.2) is 0 Å². The summed E-state index contributed by atoms with van der Waals surface area (Å²) >= 11 is 2.15. The monoisotopic (exact) mass is 599 g/mol. The second kappa shape index (κ2) is 10.1. The maximum Gasteiger partial charge on any atom is 0.260 e. The van der Waals surface area contributed by atoms with Crippen LogP contribution in [0.1, 0.15) is 144 Å². The molecule has 0 amide bonds. The van der Waals surface area contributed by atoms with Crippen LogP contribution in [0.15, 0.2) is 54.6 Å². The summed E-state index contributed by atoms with van der Waals surface area (Å²) in [6.07, 6.45) is 2.55. The second-order valence-corrected chi connectivity index (χ2v) is 17.6. The van der Waals surface area contributed by atoms with Crippen molar-refractivity contribution in [1.29, 1.82) is 0 Å². The van der Waals surface area contributed by atoms with Gasteiger partial charge < -0.3 is 4.90 Å². The molecular weight excluding hydrogens is 549 g/mol. The largest absolute Gasteiger partial charge is 0.310 e. The van der Waals surface area contributed by atoms with Crippen molar-refractivity contribution in [2.24, 2.45) is 0 Å². The molecule has 3 heteroatoms. The van der Waals surface area contributed by atoms with Crippen LogP contribution < -0.4 is 20.6 Å². The number of benzene rings is 3. The number of thiophene rings is 1. The van der Waals surface area contributed by atoms with Gasteiger partial charge in [-0.1, -0.05) is 111 Å². The molecule has 0 bridgehead atoms. The average molecular weight is 600 g/mol. The molecule has 1 nitrogen and oxygen atoms in total. The maximum absolute atomic E-state index is 2.70. The Morgan fingerprint density at radius 3 is 2.00 bits per heavy atom. The van der Waals surface area contributed by atoms with E-state index in [1.165, 1.54) is 52.2 Å². The molecule has 4 unspecified atom stereocenters. The standard InChI is InChI=1S/C41H50BNS/c1-23-20-32-27(5)26(4)31-19-16-29(41(9,10)11)22-33(31)42-36(32)34(21-23)43(30-17-14-28(15-18-30)40(6,7)8)37-35-24(2)12-13-25(3)38(35)44-39(37)42/h14-22,24-27H,12-13H2,1-11H3. The molecule has 3 aliphatic rings. The highest BCUT2D eigenvalue weighted by atomic mass is 32.1. The van der Waals surface area contributed by atoms with Gasteiger partial charge in [-0.2, -0.15) is 11.3 Å². The summed E-state index contributed by atoms with van der Waals surface area (Å²) in [4.78, 5) is 4.33. The van der Waals surface area contributed by atoms with Gasteiger partial charge in [0.25, 0.3) is 6.71 Å². The summed E-state index contributed by atoms with van der Waals surface area (Å²) in [5.41, 5.74) is 16.4. The summed E-state index contributed by atoms with van der Waals surface area (Å²) in [7, 11) is 0. The fourth-order valence-corrected chi connectivity index (χ4v) is 9.99. The molecule has 3 aromatic carbocycles. The van der Waals surface area contributed by atoms with Gasteiger partial charge in [0.05, 0.1) is 5.69 Å². The molecule has 7 rings (SSSR count). The van der Waals surface area contributed by atoms with Gasteiger partial charge in [-0.15, -0.1) is 0 Å². The molecule has 4 atom stereocenters. The third-order valence-electron chi connectivity index (χ3n) is 11.3. The van der Waals surface area contributed by atoms with Crippen molar-refractivity contribution in [3.05, 3.63) is 92.9 Å². The zero-order valence-corrected chi connectivity index (χ0v) is 29.7. The number of nitrogens with zero attached hydrogens (tertiary/aromatic N) is 1. The van der Waals surface area contributed by atoms with Crippen molar-refractivity contribution in [3.63, 3.8) is 0 Å². The third-order valence-corrected chi connectivity index (χ3v) is 12.8. The molecule has 0 fully saturated rings. The number of anilines is 3. The van der Waals surface area contributed by atoms with E-state index >= 15 is 0 Å². The highest BCUT2D eigenvalue weighted by molar-refractivity contribution is 7.29. The molecule has 0 radical (unpaired) electrons. The van der Waals surface area contributed by atoms with E-state index in [-0.39, 0.29) is 17.5 Å². The minimum absolute atomic E-state index is 0.102. The van der Waals surface area contributed by atoms with Crippen LogP contribution in [0, 0.1) is 6.92 Å². The molecule has 1 aromatic heterocycles. The number of aryl methyl sites for hydroxylation is 1. The Balaban J connectivity index is 1.60. The number of hydrogen-bond acceptors (Lipinski definition) is 2. The minimum Gasteiger partial charge on any atom is -0.310 e. The molecular formula is C41H50BNS. The van der Waals surface area contributed by atoms with Crippen LogP contribution in [0.5, 0.6) is 0 Å². The first-order valence-corrected chi connectivity index (χ1v) is 17.8. The molecule has 2 aliphatic heterocycles. The van der Waals surface area contributed by atoms with Gasteiger partial charge in [0.1, 0.15) is 0 Å². The molecule has 0 N–H and O–H groups in total. The van der Waals surface area contributed by atoms with Crippen molar-refractivity contribution >= 4 is 50.8 Å². The zero-order valence-electron chi connectivity index (χ0n) is 28.9. The lowest BCUT2D eigenvalue weighted by atomic mass is 9.36. The summed E-state index contributed by atoms with van der Waals surface area (Å²) in [5.74, 6) is 2.06. The molecule has 0 spiro atoms. The first-order chi connectivity index (χ1) is 20.7. The predicted molar refractivity (Wildman–Crippen MR) is 195 cm³/mol. The van der Waals surface area contributed by atoms with Gasteiger partial charge >= 0.3 is 0 Å². The highest BCUT2D eigenvalue weighted by Crippen LogP contribution is 2.52. The van der Waals surface area contributed by atoms with E-state index in [0.29, 0.717) is 23.7 Å². The number of rotatable bonds is 1. The first-order valence-electron chi connectivity index (χ1n) is 17.0. The third kappa shape index (κ3) is 4.47. The number of hydrogen-bond donors (Lipinski definition) is 0. The van der Waals surface area contributed by atoms with E-state index in [0.717, 1.165) is 0 Å². The predicted octanol–water partition coefficient (Wildman–Crippen LogP) is 10.2. The molecule has 44 heavy (non-hydrogen) atoms. The SMILES string of the molecule is Cc1cc2c3c(c1)N(c1ccc(C(C)(C)C)cc1)c1c(sc4c1C(C)CCC4C)B3c1cc(C(C)(C)C)ccc1C(C)C2C. The van der Waals surface area contributed by atoms with Crippen molar-refractivity contribution in [1.82, 2.24) is 0 Å². The smallest absolute Gasteiger partial charge is 0.260 e.